The lowest BCUT2D eigenvalue weighted by Crippen LogP contribution is -2.37. The molecule has 0 radical (unpaired) electrons. The molecule has 20 heavy (non-hydrogen) atoms. The highest BCUT2D eigenvalue weighted by atomic mass is 32.1. The first-order valence-electron chi connectivity index (χ1n) is 7.39. The van der Waals surface area contributed by atoms with Crippen LogP contribution in [0.4, 0.5) is 0 Å². The average Bonchev–Trinajstić information content (AvgIpc) is 3.04. The molecule has 0 N–H and O–H groups in total. The zero-order valence-corrected chi connectivity index (χ0v) is 12.6. The molecule has 104 valence electrons. The van der Waals surface area contributed by atoms with Gasteiger partial charge < -0.3 is 4.90 Å². The third kappa shape index (κ3) is 1.98. The van der Waals surface area contributed by atoms with Gasteiger partial charge in [-0.15, -0.1) is 16.4 Å². The van der Waals surface area contributed by atoms with Crippen LogP contribution in [0.25, 0.3) is 10.6 Å². The van der Waals surface area contributed by atoms with E-state index >= 15 is 0 Å². The third-order valence-electron chi connectivity index (χ3n) is 4.76. The first-order chi connectivity index (χ1) is 9.75. The first kappa shape index (κ1) is 12.5. The van der Waals surface area contributed by atoms with Crippen LogP contribution in [0.15, 0.2) is 24.3 Å². The summed E-state index contributed by atoms with van der Waals surface area (Å²) in [6.07, 6.45) is 3.82. The standard InChI is InChI=1S/C16H19N3S/c1-12-3-5-14(20-12)13-4-6-15(18-17-13)16-7-2-9-19(11-16)10-8-16/h3-6H,2,7-11H2,1H3/t16-/m0/s1. The van der Waals surface area contributed by atoms with Gasteiger partial charge in [0.15, 0.2) is 0 Å². The van der Waals surface area contributed by atoms with E-state index in [0.29, 0.717) is 0 Å². The van der Waals surface area contributed by atoms with Crippen molar-refractivity contribution in [2.45, 2.75) is 31.6 Å². The number of piperidine rings is 1. The van der Waals surface area contributed by atoms with Crippen molar-refractivity contribution in [1.82, 2.24) is 15.1 Å². The quantitative estimate of drug-likeness (QED) is 0.848. The van der Waals surface area contributed by atoms with Crippen molar-refractivity contribution in [1.29, 1.82) is 0 Å². The molecular weight excluding hydrogens is 266 g/mol. The van der Waals surface area contributed by atoms with Crippen molar-refractivity contribution in [2.24, 2.45) is 0 Å². The lowest BCUT2D eigenvalue weighted by molar-refractivity contribution is 0.239. The summed E-state index contributed by atoms with van der Waals surface area (Å²) in [6.45, 7) is 5.80. The summed E-state index contributed by atoms with van der Waals surface area (Å²) in [5.41, 5.74) is 2.50. The summed E-state index contributed by atoms with van der Waals surface area (Å²) in [7, 11) is 0. The Balaban J connectivity index is 1.64. The van der Waals surface area contributed by atoms with E-state index in [1.165, 1.54) is 54.3 Å². The smallest absolute Gasteiger partial charge is 0.103 e. The van der Waals surface area contributed by atoms with Gasteiger partial charge in [-0.05, 0) is 63.5 Å². The van der Waals surface area contributed by atoms with Gasteiger partial charge in [-0.1, -0.05) is 0 Å². The van der Waals surface area contributed by atoms with E-state index in [1.807, 2.05) is 0 Å². The number of hydrogen-bond donors (Lipinski definition) is 0. The van der Waals surface area contributed by atoms with Gasteiger partial charge in [0.2, 0.25) is 0 Å². The molecule has 0 saturated carbocycles. The Morgan fingerprint density at radius 1 is 1.10 bits per heavy atom. The van der Waals surface area contributed by atoms with E-state index in [0.717, 1.165) is 5.69 Å². The Hall–Kier alpha value is -1.26. The second-order valence-corrected chi connectivity index (χ2v) is 7.41. The van der Waals surface area contributed by atoms with Crippen LogP contribution < -0.4 is 0 Å². The van der Waals surface area contributed by atoms with Gasteiger partial charge in [-0.25, -0.2) is 0 Å². The molecule has 2 bridgehead atoms. The average molecular weight is 285 g/mol. The Labute approximate surface area is 123 Å². The number of nitrogens with zero attached hydrogens (tertiary/aromatic N) is 3. The summed E-state index contributed by atoms with van der Waals surface area (Å²) >= 11 is 1.78. The van der Waals surface area contributed by atoms with Crippen LogP contribution >= 0.6 is 11.3 Å². The second-order valence-electron chi connectivity index (χ2n) is 6.12. The molecule has 4 heteroatoms. The number of hydrogen-bond acceptors (Lipinski definition) is 4. The Bertz CT molecular complexity index is 615. The molecule has 2 atom stereocenters. The molecule has 2 aromatic heterocycles. The molecule has 2 aromatic rings. The van der Waals surface area contributed by atoms with Crippen LogP contribution in [-0.2, 0) is 5.41 Å². The maximum Gasteiger partial charge on any atom is 0.103 e. The highest BCUT2D eigenvalue weighted by molar-refractivity contribution is 7.15. The summed E-state index contributed by atoms with van der Waals surface area (Å²) in [4.78, 5) is 5.11. The van der Waals surface area contributed by atoms with Crippen molar-refractivity contribution in [2.75, 3.05) is 19.6 Å². The fraction of sp³-hybridized carbons (Fsp3) is 0.500. The van der Waals surface area contributed by atoms with E-state index in [1.54, 1.807) is 11.3 Å². The van der Waals surface area contributed by atoms with Crippen LogP contribution in [0, 0.1) is 6.92 Å². The highest BCUT2D eigenvalue weighted by Crippen LogP contribution is 2.41. The minimum atomic E-state index is 0.287. The lowest BCUT2D eigenvalue weighted by Gasteiger charge is -2.33. The zero-order chi connectivity index (χ0) is 13.6. The Kier molecular flexibility index (Phi) is 2.89. The molecule has 4 heterocycles. The number of fused-ring (bicyclic) bond motifs is 2. The van der Waals surface area contributed by atoms with Gasteiger partial charge in [-0.3, -0.25) is 0 Å². The van der Waals surface area contributed by atoms with Crippen molar-refractivity contribution in [3.63, 3.8) is 0 Å². The van der Waals surface area contributed by atoms with Gasteiger partial charge in [0.1, 0.15) is 5.69 Å². The normalized spacial score (nSPS) is 28.8. The third-order valence-corrected chi connectivity index (χ3v) is 5.79. The molecule has 2 saturated heterocycles. The molecular formula is C16H19N3S. The molecule has 1 unspecified atom stereocenters. The Morgan fingerprint density at radius 3 is 2.80 bits per heavy atom. The van der Waals surface area contributed by atoms with Crippen LogP contribution in [0.1, 0.15) is 29.8 Å². The van der Waals surface area contributed by atoms with E-state index in [2.05, 4.69) is 46.3 Å². The summed E-state index contributed by atoms with van der Waals surface area (Å²) in [6, 6.07) is 8.65. The van der Waals surface area contributed by atoms with E-state index in [-0.39, 0.29) is 5.41 Å². The summed E-state index contributed by atoms with van der Waals surface area (Å²) in [5, 5.41) is 9.08. The number of aromatic nitrogens is 2. The molecule has 0 aromatic carbocycles. The van der Waals surface area contributed by atoms with Gasteiger partial charge in [-0.2, -0.15) is 5.10 Å². The zero-order valence-electron chi connectivity index (χ0n) is 11.8. The SMILES string of the molecule is Cc1ccc(-c2ccc([C@@]34CCCN(CC3)C4)nn2)s1. The van der Waals surface area contributed by atoms with Gasteiger partial charge >= 0.3 is 0 Å². The monoisotopic (exact) mass is 285 g/mol. The molecule has 3 nitrogen and oxygen atoms in total. The first-order valence-corrected chi connectivity index (χ1v) is 8.20. The number of thiophene rings is 1. The number of aryl methyl sites for hydroxylation is 1. The van der Waals surface area contributed by atoms with E-state index < -0.39 is 0 Å². The second kappa shape index (κ2) is 4.64. The Morgan fingerprint density at radius 2 is 2.05 bits per heavy atom. The van der Waals surface area contributed by atoms with Crippen LogP contribution in [0.5, 0.6) is 0 Å². The van der Waals surface area contributed by atoms with Gasteiger partial charge in [0.25, 0.3) is 0 Å². The van der Waals surface area contributed by atoms with Crippen molar-refractivity contribution < 1.29 is 0 Å². The van der Waals surface area contributed by atoms with Gasteiger partial charge in [0, 0.05) is 16.8 Å². The lowest BCUT2D eigenvalue weighted by atomic mass is 9.78. The molecule has 2 fully saturated rings. The van der Waals surface area contributed by atoms with Crippen LogP contribution in [0.2, 0.25) is 0 Å². The topological polar surface area (TPSA) is 29.0 Å². The van der Waals surface area contributed by atoms with Crippen LogP contribution in [0.3, 0.4) is 0 Å². The fourth-order valence-corrected chi connectivity index (χ4v) is 4.48. The predicted molar refractivity (Wildman–Crippen MR) is 82.1 cm³/mol. The van der Waals surface area contributed by atoms with E-state index in [4.69, 9.17) is 0 Å². The van der Waals surface area contributed by atoms with Gasteiger partial charge in [0.05, 0.1) is 10.6 Å². The minimum absolute atomic E-state index is 0.287. The summed E-state index contributed by atoms with van der Waals surface area (Å²) < 4.78 is 0. The molecule has 2 aliphatic heterocycles. The fourth-order valence-electron chi connectivity index (χ4n) is 3.65. The van der Waals surface area contributed by atoms with Crippen LogP contribution in [-0.4, -0.2) is 34.7 Å². The molecule has 2 aliphatic rings. The largest absolute Gasteiger partial charge is 0.302 e. The van der Waals surface area contributed by atoms with Crippen molar-refractivity contribution in [3.05, 3.63) is 34.8 Å². The summed E-state index contributed by atoms with van der Waals surface area (Å²) in [5.74, 6) is 0. The van der Waals surface area contributed by atoms with Crippen molar-refractivity contribution >= 4 is 11.3 Å². The maximum absolute atomic E-state index is 4.59. The molecule has 0 aliphatic carbocycles. The maximum atomic E-state index is 4.59. The predicted octanol–water partition coefficient (Wildman–Crippen LogP) is 3.25. The molecule has 4 rings (SSSR count). The molecule has 0 amide bonds. The minimum Gasteiger partial charge on any atom is -0.302 e. The van der Waals surface area contributed by atoms with Crippen molar-refractivity contribution in [3.8, 4) is 10.6 Å². The van der Waals surface area contributed by atoms with E-state index in [9.17, 15) is 0 Å². The number of rotatable bonds is 2. The molecule has 0 spiro atoms. The highest BCUT2D eigenvalue weighted by Gasteiger charge is 2.43.